The standard InChI is InChI=1S/C14H17N5O/c1-4-14(3,5-2)13-16-12(20-18-13)10-6-7-11-17-15-9-19(11)8-10/h6-9H,4-5H2,1-3H3. The van der Waals surface area contributed by atoms with E-state index in [0.717, 1.165) is 29.9 Å². The summed E-state index contributed by atoms with van der Waals surface area (Å²) < 4.78 is 7.24. The SMILES string of the molecule is CCC(C)(CC)c1noc(-c2ccc3nncn3c2)n1. The van der Waals surface area contributed by atoms with Crippen molar-refractivity contribution < 1.29 is 4.52 Å². The molecule has 0 aliphatic heterocycles. The van der Waals surface area contributed by atoms with Crippen LogP contribution in [0.3, 0.4) is 0 Å². The van der Waals surface area contributed by atoms with E-state index in [1.165, 1.54) is 0 Å². The number of nitrogens with zero attached hydrogens (tertiary/aromatic N) is 5. The van der Waals surface area contributed by atoms with Gasteiger partial charge in [0, 0.05) is 11.6 Å². The van der Waals surface area contributed by atoms with Crippen LogP contribution in [0.2, 0.25) is 0 Å². The predicted molar refractivity (Wildman–Crippen MR) is 74.2 cm³/mol. The van der Waals surface area contributed by atoms with Crippen molar-refractivity contribution in [1.82, 2.24) is 24.7 Å². The van der Waals surface area contributed by atoms with Gasteiger partial charge in [-0.25, -0.2) is 0 Å². The molecule has 6 nitrogen and oxygen atoms in total. The Kier molecular flexibility index (Phi) is 3.00. The summed E-state index contributed by atoms with van der Waals surface area (Å²) in [5.41, 5.74) is 1.62. The van der Waals surface area contributed by atoms with Gasteiger partial charge in [-0.15, -0.1) is 10.2 Å². The molecule has 0 atom stereocenters. The number of aromatic nitrogens is 5. The van der Waals surface area contributed by atoms with E-state index < -0.39 is 0 Å². The Balaban J connectivity index is 2.00. The van der Waals surface area contributed by atoms with Gasteiger partial charge in [0.25, 0.3) is 5.89 Å². The molecule has 3 rings (SSSR count). The molecule has 0 aliphatic carbocycles. The summed E-state index contributed by atoms with van der Waals surface area (Å²) >= 11 is 0. The Morgan fingerprint density at radius 3 is 2.80 bits per heavy atom. The Hall–Kier alpha value is -2.24. The second-order valence-electron chi connectivity index (χ2n) is 5.21. The van der Waals surface area contributed by atoms with E-state index in [-0.39, 0.29) is 5.41 Å². The smallest absolute Gasteiger partial charge is 0.259 e. The normalized spacial score (nSPS) is 12.2. The van der Waals surface area contributed by atoms with E-state index in [1.54, 1.807) is 6.33 Å². The van der Waals surface area contributed by atoms with Crippen molar-refractivity contribution >= 4 is 5.65 Å². The van der Waals surface area contributed by atoms with Gasteiger partial charge in [-0.1, -0.05) is 25.9 Å². The molecule has 104 valence electrons. The van der Waals surface area contributed by atoms with Gasteiger partial charge < -0.3 is 4.52 Å². The Bertz CT molecular complexity index is 726. The van der Waals surface area contributed by atoms with E-state index in [1.807, 2.05) is 22.7 Å². The van der Waals surface area contributed by atoms with Crippen molar-refractivity contribution in [2.75, 3.05) is 0 Å². The Labute approximate surface area is 116 Å². The summed E-state index contributed by atoms with van der Waals surface area (Å²) in [6.45, 7) is 6.44. The highest BCUT2D eigenvalue weighted by atomic mass is 16.5. The minimum Gasteiger partial charge on any atom is -0.334 e. The van der Waals surface area contributed by atoms with Gasteiger partial charge in [0.1, 0.15) is 6.33 Å². The van der Waals surface area contributed by atoms with Crippen molar-refractivity contribution in [1.29, 1.82) is 0 Å². The Morgan fingerprint density at radius 1 is 1.25 bits per heavy atom. The minimum absolute atomic E-state index is 0.0393. The fourth-order valence-corrected chi connectivity index (χ4v) is 2.11. The first-order chi connectivity index (χ1) is 9.66. The Morgan fingerprint density at radius 2 is 2.05 bits per heavy atom. The van der Waals surface area contributed by atoms with E-state index in [4.69, 9.17) is 4.52 Å². The summed E-state index contributed by atoms with van der Waals surface area (Å²) in [5, 5.41) is 12.0. The fourth-order valence-electron chi connectivity index (χ4n) is 2.11. The molecule has 0 saturated heterocycles. The van der Waals surface area contributed by atoms with Gasteiger partial charge in [-0.2, -0.15) is 4.98 Å². The molecule has 0 aromatic carbocycles. The number of fused-ring (bicyclic) bond motifs is 1. The fraction of sp³-hybridized carbons (Fsp3) is 0.429. The predicted octanol–water partition coefficient (Wildman–Crippen LogP) is 2.86. The van der Waals surface area contributed by atoms with Crippen LogP contribution in [0.25, 0.3) is 17.1 Å². The van der Waals surface area contributed by atoms with Crippen LogP contribution in [-0.4, -0.2) is 24.7 Å². The third-order valence-corrected chi connectivity index (χ3v) is 4.06. The van der Waals surface area contributed by atoms with Crippen molar-refractivity contribution in [3.63, 3.8) is 0 Å². The summed E-state index contributed by atoms with van der Waals surface area (Å²) in [4.78, 5) is 4.55. The molecule has 0 radical (unpaired) electrons. The average Bonchev–Trinajstić information content (AvgIpc) is 3.14. The molecule has 0 bridgehead atoms. The summed E-state index contributed by atoms with van der Waals surface area (Å²) in [5.74, 6) is 1.30. The second-order valence-corrected chi connectivity index (χ2v) is 5.21. The van der Waals surface area contributed by atoms with Gasteiger partial charge >= 0.3 is 0 Å². The quantitative estimate of drug-likeness (QED) is 0.729. The zero-order chi connectivity index (χ0) is 14.2. The van der Waals surface area contributed by atoms with Crippen LogP contribution in [-0.2, 0) is 5.41 Å². The van der Waals surface area contributed by atoms with Crippen molar-refractivity contribution in [2.45, 2.75) is 39.0 Å². The molecule has 0 N–H and O–H groups in total. The van der Waals surface area contributed by atoms with E-state index >= 15 is 0 Å². The lowest BCUT2D eigenvalue weighted by Crippen LogP contribution is -2.21. The van der Waals surface area contributed by atoms with E-state index in [0.29, 0.717) is 5.89 Å². The third kappa shape index (κ3) is 1.97. The summed E-state index contributed by atoms with van der Waals surface area (Å²) in [7, 11) is 0. The second kappa shape index (κ2) is 4.70. The lowest BCUT2D eigenvalue weighted by atomic mass is 9.84. The number of rotatable bonds is 4. The highest BCUT2D eigenvalue weighted by molar-refractivity contribution is 5.55. The number of hydrogen-bond donors (Lipinski definition) is 0. The minimum atomic E-state index is -0.0393. The molecular formula is C14H17N5O. The number of hydrogen-bond acceptors (Lipinski definition) is 5. The summed E-state index contributed by atoms with van der Waals surface area (Å²) in [6, 6.07) is 3.79. The zero-order valence-electron chi connectivity index (χ0n) is 11.9. The molecule has 0 spiro atoms. The maximum atomic E-state index is 5.41. The van der Waals surface area contributed by atoms with Crippen LogP contribution < -0.4 is 0 Å². The molecule has 6 heteroatoms. The maximum absolute atomic E-state index is 5.41. The van der Waals surface area contributed by atoms with Gasteiger partial charge in [-0.3, -0.25) is 4.40 Å². The van der Waals surface area contributed by atoms with Crippen LogP contribution >= 0.6 is 0 Å². The van der Waals surface area contributed by atoms with E-state index in [2.05, 4.69) is 41.1 Å². The molecule has 3 heterocycles. The lowest BCUT2D eigenvalue weighted by Gasteiger charge is -2.21. The largest absolute Gasteiger partial charge is 0.334 e. The van der Waals surface area contributed by atoms with E-state index in [9.17, 15) is 0 Å². The first-order valence-corrected chi connectivity index (χ1v) is 6.80. The van der Waals surface area contributed by atoms with Crippen LogP contribution in [0.5, 0.6) is 0 Å². The topological polar surface area (TPSA) is 69.1 Å². The molecule has 0 fully saturated rings. The van der Waals surface area contributed by atoms with Gasteiger partial charge in [-0.05, 0) is 25.0 Å². The monoisotopic (exact) mass is 271 g/mol. The van der Waals surface area contributed by atoms with Gasteiger partial charge in [0.15, 0.2) is 11.5 Å². The molecule has 20 heavy (non-hydrogen) atoms. The highest BCUT2D eigenvalue weighted by Crippen LogP contribution is 2.30. The first-order valence-electron chi connectivity index (χ1n) is 6.80. The molecule has 0 amide bonds. The molecule has 0 unspecified atom stereocenters. The molecule has 3 aromatic heterocycles. The van der Waals surface area contributed by atoms with Crippen LogP contribution in [0.15, 0.2) is 29.2 Å². The molecule has 0 aliphatic rings. The highest BCUT2D eigenvalue weighted by Gasteiger charge is 2.28. The maximum Gasteiger partial charge on any atom is 0.259 e. The zero-order valence-corrected chi connectivity index (χ0v) is 11.9. The average molecular weight is 271 g/mol. The van der Waals surface area contributed by atoms with Crippen LogP contribution in [0, 0.1) is 0 Å². The van der Waals surface area contributed by atoms with Crippen LogP contribution in [0.4, 0.5) is 0 Å². The molecule has 3 aromatic rings. The molecule has 0 saturated carbocycles. The van der Waals surface area contributed by atoms with Crippen molar-refractivity contribution in [2.24, 2.45) is 0 Å². The van der Waals surface area contributed by atoms with Crippen molar-refractivity contribution in [3.8, 4) is 11.5 Å². The molecular weight excluding hydrogens is 254 g/mol. The third-order valence-electron chi connectivity index (χ3n) is 4.06. The van der Waals surface area contributed by atoms with Gasteiger partial charge in [0.2, 0.25) is 0 Å². The van der Waals surface area contributed by atoms with Gasteiger partial charge in [0.05, 0.1) is 5.56 Å². The summed E-state index contributed by atoms with van der Waals surface area (Å²) in [6.07, 6.45) is 5.50. The van der Waals surface area contributed by atoms with Crippen molar-refractivity contribution in [3.05, 3.63) is 30.5 Å². The number of pyridine rings is 1. The van der Waals surface area contributed by atoms with Crippen LogP contribution in [0.1, 0.15) is 39.4 Å². The lowest BCUT2D eigenvalue weighted by molar-refractivity contribution is 0.364. The first kappa shape index (κ1) is 12.8.